The summed E-state index contributed by atoms with van der Waals surface area (Å²) in [7, 11) is 0. The van der Waals surface area contributed by atoms with Gasteiger partial charge in [-0.1, -0.05) is 54.1 Å². The largest absolute Gasteiger partial charge is 0.408 e. The van der Waals surface area contributed by atoms with Crippen molar-refractivity contribution in [2.24, 2.45) is 16.3 Å². The highest BCUT2D eigenvalue weighted by Crippen LogP contribution is 2.39. The number of amides is 2. The summed E-state index contributed by atoms with van der Waals surface area (Å²) >= 11 is 5.91. The Kier molecular flexibility index (Phi) is 6.69. The number of carbonyl (C=O) groups excluding carboxylic acids is 2. The van der Waals surface area contributed by atoms with Crippen LogP contribution >= 0.6 is 11.6 Å². The third kappa shape index (κ3) is 5.10. The Morgan fingerprint density at radius 1 is 1.12 bits per heavy atom. The second-order valence-corrected chi connectivity index (χ2v) is 9.15. The van der Waals surface area contributed by atoms with Crippen LogP contribution in [-0.4, -0.2) is 59.3 Å². The lowest BCUT2D eigenvalue weighted by Crippen LogP contribution is -2.58. The van der Waals surface area contributed by atoms with Crippen LogP contribution in [0.25, 0.3) is 0 Å². The highest BCUT2D eigenvalue weighted by atomic mass is 35.5. The fourth-order valence-electron chi connectivity index (χ4n) is 4.59. The molecule has 1 unspecified atom stereocenters. The molecule has 2 aromatic rings. The normalized spacial score (nSPS) is 21.3. The molecule has 0 saturated carbocycles. The lowest BCUT2D eigenvalue weighted by Gasteiger charge is -2.40. The second-order valence-electron chi connectivity index (χ2n) is 8.72. The van der Waals surface area contributed by atoms with Gasteiger partial charge in [-0.3, -0.25) is 9.59 Å². The topological polar surface area (TPSA) is 79.0 Å². The van der Waals surface area contributed by atoms with Crippen molar-refractivity contribution in [1.29, 1.82) is 0 Å². The standard InChI is InChI=1S/C24H24ClF3N4O2/c25-18-8-6-16(7-9-18)12-19(29)21(33)31-11-10-20-23(14-31,13-17-4-2-1-3-5-17)22(34)32(30-20)15-24(26,27)28/h1-9,19H,10-15,29H2/t19-,23?/m1/s1. The molecule has 6 nitrogen and oxygen atoms in total. The number of likely N-dealkylation sites (tertiary alicyclic amines) is 1. The number of piperidine rings is 1. The number of benzene rings is 2. The summed E-state index contributed by atoms with van der Waals surface area (Å²) in [4.78, 5) is 28.0. The summed E-state index contributed by atoms with van der Waals surface area (Å²) < 4.78 is 39.3. The van der Waals surface area contributed by atoms with Crippen molar-refractivity contribution in [3.05, 3.63) is 70.7 Å². The van der Waals surface area contributed by atoms with E-state index in [1.807, 2.05) is 6.07 Å². The molecule has 1 saturated heterocycles. The quantitative estimate of drug-likeness (QED) is 0.671. The molecule has 0 spiro atoms. The number of fused-ring (bicyclic) bond motifs is 1. The molecular weight excluding hydrogens is 469 g/mol. The Morgan fingerprint density at radius 3 is 2.44 bits per heavy atom. The van der Waals surface area contributed by atoms with Gasteiger partial charge in [0.15, 0.2) is 0 Å². The number of hydrogen-bond donors (Lipinski definition) is 1. The lowest BCUT2D eigenvalue weighted by atomic mass is 9.73. The van der Waals surface area contributed by atoms with Crippen LogP contribution in [0.5, 0.6) is 0 Å². The number of nitrogens with two attached hydrogens (primary N) is 1. The van der Waals surface area contributed by atoms with Crippen molar-refractivity contribution in [3.63, 3.8) is 0 Å². The minimum Gasteiger partial charge on any atom is -0.339 e. The maximum absolute atomic E-state index is 13.3. The molecule has 10 heteroatoms. The molecule has 2 amide bonds. The van der Waals surface area contributed by atoms with E-state index in [-0.39, 0.29) is 38.3 Å². The van der Waals surface area contributed by atoms with E-state index in [4.69, 9.17) is 17.3 Å². The zero-order chi connectivity index (χ0) is 24.5. The van der Waals surface area contributed by atoms with Crippen LogP contribution in [0.2, 0.25) is 5.02 Å². The van der Waals surface area contributed by atoms with Gasteiger partial charge in [0.2, 0.25) is 5.91 Å². The second kappa shape index (κ2) is 9.38. The predicted octanol–water partition coefficient (Wildman–Crippen LogP) is 3.43. The lowest BCUT2D eigenvalue weighted by molar-refractivity contribution is -0.164. The van der Waals surface area contributed by atoms with Gasteiger partial charge in [-0.2, -0.15) is 18.3 Å². The summed E-state index contributed by atoms with van der Waals surface area (Å²) in [5, 5.41) is 5.13. The number of nitrogens with zero attached hydrogens (tertiary/aromatic N) is 3. The van der Waals surface area contributed by atoms with Crippen molar-refractivity contribution < 1.29 is 22.8 Å². The first-order valence-electron chi connectivity index (χ1n) is 10.9. The zero-order valence-electron chi connectivity index (χ0n) is 18.3. The Labute approximate surface area is 200 Å². The van der Waals surface area contributed by atoms with Crippen LogP contribution in [0, 0.1) is 5.41 Å². The Morgan fingerprint density at radius 2 is 1.79 bits per heavy atom. The molecule has 1 fully saturated rings. The number of carbonyl (C=O) groups is 2. The smallest absolute Gasteiger partial charge is 0.339 e. The van der Waals surface area contributed by atoms with Crippen LogP contribution < -0.4 is 5.73 Å². The molecular formula is C24H24ClF3N4O2. The molecule has 0 aliphatic carbocycles. The average Bonchev–Trinajstić information content (AvgIpc) is 3.04. The van der Waals surface area contributed by atoms with Crippen molar-refractivity contribution in [2.75, 3.05) is 19.6 Å². The maximum Gasteiger partial charge on any atom is 0.408 e. The third-order valence-corrected chi connectivity index (χ3v) is 6.44. The first-order valence-corrected chi connectivity index (χ1v) is 11.2. The molecule has 2 aromatic carbocycles. The van der Waals surface area contributed by atoms with Crippen LogP contribution in [0.15, 0.2) is 59.7 Å². The van der Waals surface area contributed by atoms with Gasteiger partial charge in [0.05, 0.1) is 11.8 Å². The van der Waals surface area contributed by atoms with Crippen molar-refractivity contribution in [2.45, 2.75) is 31.5 Å². The van der Waals surface area contributed by atoms with E-state index in [1.165, 1.54) is 4.90 Å². The van der Waals surface area contributed by atoms with Gasteiger partial charge >= 0.3 is 6.18 Å². The number of hydrazone groups is 1. The van der Waals surface area contributed by atoms with Crippen LogP contribution in [0.3, 0.4) is 0 Å². The Bertz CT molecular complexity index is 1090. The van der Waals surface area contributed by atoms with Gasteiger partial charge in [0, 0.05) is 24.5 Å². The predicted molar refractivity (Wildman–Crippen MR) is 122 cm³/mol. The monoisotopic (exact) mass is 492 g/mol. The van der Waals surface area contributed by atoms with E-state index in [1.54, 1.807) is 48.5 Å². The van der Waals surface area contributed by atoms with Gasteiger partial charge in [-0.25, -0.2) is 5.01 Å². The molecule has 0 bridgehead atoms. The fraction of sp³-hybridized carbons (Fsp3) is 0.375. The summed E-state index contributed by atoms with van der Waals surface area (Å²) in [6.45, 7) is -1.30. The minimum atomic E-state index is -4.59. The first kappa shape index (κ1) is 24.2. The van der Waals surface area contributed by atoms with E-state index in [0.29, 0.717) is 15.7 Å². The van der Waals surface area contributed by atoms with Gasteiger partial charge in [-0.05, 0) is 36.1 Å². The molecule has 34 heavy (non-hydrogen) atoms. The molecule has 180 valence electrons. The van der Waals surface area contributed by atoms with Crippen molar-refractivity contribution >= 4 is 29.1 Å². The molecule has 2 atom stereocenters. The molecule has 2 aliphatic rings. The molecule has 2 heterocycles. The Hall–Kier alpha value is -2.91. The molecule has 0 radical (unpaired) electrons. The minimum absolute atomic E-state index is 0.0684. The van der Waals surface area contributed by atoms with Crippen LogP contribution in [0.4, 0.5) is 13.2 Å². The van der Waals surface area contributed by atoms with E-state index < -0.39 is 30.1 Å². The summed E-state index contributed by atoms with van der Waals surface area (Å²) in [6.07, 6.45) is -3.97. The van der Waals surface area contributed by atoms with E-state index in [2.05, 4.69) is 5.10 Å². The van der Waals surface area contributed by atoms with Gasteiger partial charge in [0.1, 0.15) is 12.0 Å². The summed E-state index contributed by atoms with van der Waals surface area (Å²) in [5.41, 5.74) is 6.83. The maximum atomic E-state index is 13.3. The van der Waals surface area contributed by atoms with Gasteiger partial charge in [-0.15, -0.1) is 0 Å². The van der Waals surface area contributed by atoms with Gasteiger partial charge in [0.25, 0.3) is 5.91 Å². The summed E-state index contributed by atoms with van der Waals surface area (Å²) in [5.74, 6) is -1.10. The average molecular weight is 493 g/mol. The van der Waals surface area contributed by atoms with Crippen LogP contribution in [-0.2, 0) is 22.4 Å². The summed E-state index contributed by atoms with van der Waals surface area (Å²) in [6, 6.07) is 15.1. The van der Waals surface area contributed by atoms with Crippen molar-refractivity contribution in [1.82, 2.24) is 9.91 Å². The molecule has 4 rings (SSSR count). The molecule has 2 aliphatic heterocycles. The molecule has 2 N–H and O–H groups in total. The number of halogens is 4. The van der Waals surface area contributed by atoms with E-state index in [9.17, 15) is 22.8 Å². The van der Waals surface area contributed by atoms with Crippen molar-refractivity contribution in [3.8, 4) is 0 Å². The molecule has 0 aromatic heterocycles. The third-order valence-electron chi connectivity index (χ3n) is 6.19. The number of hydrogen-bond acceptors (Lipinski definition) is 4. The SMILES string of the molecule is N[C@H](Cc1ccc(Cl)cc1)C(=O)N1CCC2=NN(CC(F)(F)F)C(=O)C2(Cc2ccccc2)C1. The van der Waals surface area contributed by atoms with E-state index >= 15 is 0 Å². The van der Waals surface area contributed by atoms with Gasteiger partial charge < -0.3 is 10.6 Å². The highest BCUT2D eigenvalue weighted by molar-refractivity contribution is 6.30. The number of rotatable bonds is 6. The highest BCUT2D eigenvalue weighted by Gasteiger charge is 2.55. The fourth-order valence-corrected chi connectivity index (χ4v) is 4.72. The van der Waals surface area contributed by atoms with E-state index in [0.717, 1.165) is 11.1 Å². The number of alkyl halides is 3. The Balaban J connectivity index is 1.58. The first-order chi connectivity index (χ1) is 16.1. The van der Waals surface area contributed by atoms with Crippen LogP contribution in [0.1, 0.15) is 17.5 Å². The zero-order valence-corrected chi connectivity index (χ0v) is 19.0.